The number of para-hydroxylation sites is 2. The minimum absolute atomic E-state index is 0.0373. The maximum absolute atomic E-state index is 6.11. The van der Waals surface area contributed by atoms with Gasteiger partial charge in [-0.2, -0.15) is 0 Å². The molecule has 0 amide bonds. The summed E-state index contributed by atoms with van der Waals surface area (Å²) < 4.78 is 17.1. The van der Waals surface area contributed by atoms with E-state index >= 15 is 0 Å². The molecule has 1 N–H and O–H groups in total. The standard InChI is InChI=1S/C49H29NO2.C39H40Br2.C30H42Br2/c1-3-7-46-36(5-1)42-26-32(15-19-48(42)51-46)29-10-12-35-21-34-11-9-28(22-38(34)39(35)23-29)30-13-17-44-40(24-30)41-25-31(14-18-45(41)50-44)33-16-20-49-43(27-33)37-6-2-4-8-47(37)52-49;1-2-3-4-8-36(31-16-13-28-12-15-30(28)23-31)39(21-6-5-7-26-9-10-27-11-14-29(27)22-26)37-24-32(40)17-19-34(37)35-20-18-33(41)25-38(35)39;1-3-5-7-9-11-13-19-30(20-14-12-10-8-6-4-2)28-22-26(31)17-15-24(28)21-25-16-18-27(32)23-29(25)30/h1-20,22-27,50H,21H2;9-10,13,16-20,22-25,36H,2-8,11-12,14-15,21H2,1H3;15-18,22-23H,3-14,19-21H2,1-2H3. The van der Waals surface area contributed by atoms with Crippen molar-refractivity contribution in [1.29, 1.82) is 0 Å². The first-order chi connectivity index (χ1) is 61.4. The number of H-pyrrole nitrogens is 1. The lowest BCUT2D eigenvalue weighted by Gasteiger charge is -2.42. The minimum Gasteiger partial charge on any atom is -0.456 e. The smallest absolute Gasteiger partial charge is 0.135 e. The molecule has 1 atom stereocenters. The number of rotatable bonds is 28. The van der Waals surface area contributed by atoms with Crippen LogP contribution < -0.4 is 0 Å². The Balaban J connectivity index is 0.000000123. The van der Waals surface area contributed by atoms with Crippen molar-refractivity contribution < 1.29 is 8.83 Å². The van der Waals surface area contributed by atoms with Crippen molar-refractivity contribution in [2.45, 2.75) is 217 Å². The Morgan fingerprint density at radius 2 is 0.696 bits per heavy atom. The number of fused-ring (bicyclic) bond motifs is 19. The number of halogens is 4. The van der Waals surface area contributed by atoms with Gasteiger partial charge in [-0.3, -0.25) is 0 Å². The van der Waals surface area contributed by atoms with Gasteiger partial charge in [0.2, 0.25) is 0 Å². The summed E-state index contributed by atoms with van der Waals surface area (Å²) >= 11 is 15.4. The Kier molecular flexibility index (Phi) is 24.5. The van der Waals surface area contributed by atoms with Crippen LogP contribution in [0.4, 0.5) is 0 Å². The molecule has 5 aliphatic carbocycles. The fourth-order valence-corrected chi connectivity index (χ4v) is 23.8. The normalized spacial score (nSPS) is 14.2. The highest BCUT2D eigenvalue weighted by atomic mass is 79.9. The molecule has 0 radical (unpaired) electrons. The van der Waals surface area contributed by atoms with Crippen LogP contribution in [0.25, 0.3) is 121 Å². The molecule has 0 saturated heterocycles. The molecule has 3 heterocycles. The Hall–Kier alpha value is -9.60. The summed E-state index contributed by atoms with van der Waals surface area (Å²) in [6.45, 7) is 6.95. The van der Waals surface area contributed by atoms with E-state index in [0.717, 1.165) is 67.8 Å². The number of hydrogen-bond donors (Lipinski definition) is 1. The molecule has 3 nitrogen and oxygen atoms in total. The quantitative estimate of drug-likeness (QED) is 0.0497. The van der Waals surface area contributed by atoms with Gasteiger partial charge in [-0.1, -0.05) is 333 Å². The molecular weight excluding hydrogens is 1780 g/mol. The largest absolute Gasteiger partial charge is 0.456 e. The van der Waals surface area contributed by atoms with Gasteiger partial charge in [-0.05, 0) is 338 Å². The number of aromatic amines is 1. The van der Waals surface area contributed by atoms with Gasteiger partial charge < -0.3 is 13.8 Å². The Morgan fingerprint density at radius 1 is 0.296 bits per heavy atom. The van der Waals surface area contributed by atoms with Crippen LogP contribution in [0.1, 0.15) is 239 Å². The van der Waals surface area contributed by atoms with E-state index in [1.807, 2.05) is 24.3 Å². The van der Waals surface area contributed by atoms with Gasteiger partial charge in [0.25, 0.3) is 0 Å². The summed E-state index contributed by atoms with van der Waals surface area (Å²) in [5, 5.41) is 7.06. The van der Waals surface area contributed by atoms with Crippen molar-refractivity contribution in [3.05, 3.63) is 363 Å². The van der Waals surface area contributed by atoms with Gasteiger partial charge in [0.05, 0.1) is 0 Å². The predicted octanol–water partition coefficient (Wildman–Crippen LogP) is 36.0. The lowest BCUT2D eigenvalue weighted by atomic mass is 9.61. The molecule has 0 saturated carbocycles. The number of nitrogens with one attached hydrogen (secondary N) is 1. The highest BCUT2D eigenvalue weighted by Crippen LogP contribution is 2.61. The molecule has 14 aromatic carbocycles. The van der Waals surface area contributed by atoms with Gasteiger partial charge in [0.1, 0.15) is 22.3 Å². The molecule has 0 fully saturated rings. The average Bonchev–Trinajstić information content (AvgIpc) is 1.68. The Labute approximate surface area is 772 Å². The average molecular weight is 1890 g/mol. The lowest BCUT2D eigenvalue weighted by Crippen LogP contribution is -2.34. The van der Waals surface area contributed by atoms with Crippen LogP contribution in [-0.2, 0) is 55.8 Å². The van der Waals surface area contributed by atoms with Crippen LogP contribution >= 0.6 is 63.7 Å². The monoisotopic (exact) mass is 1890 g/mol. The zero-order chi connectivity index (χ0) is 84.7. The highest BCUT2D eigenvalue weighted by Gasteiger charge is 2.49. The maximum Gasteiger partial charge on any atom is 0.135 e. The van der Waals surface area contributed by atoms with Crippen molar-refractivity contribution >= 4 is 129 Å². The fraction of sp³-hybridized carbons (Fsp3) is 0.288. The summed E-state index contributed by atoms with van der Waals surface area (Å²) in [6, 6.07) is 100. The van der Waals surface area contributed by atoms with Crippen molar-refractivity contribution in [3.8, 4) is 55.6 Å². The van der Waals surface area contributed by atoms with Gasteiger partial charge in [-0.15, -0.1) is 0 Å². The summed E-state index contributed by atoms with van der Waals surface area (Å²) in [5.74, 6) is 0.458. The summed E-state index contributed by atoms with van der Waals surface area (Å²) in [4.78, 5) is 3.66. The van der Waals surface area contributed by atoms with E-state index in [0.29, 0.717) is 5.92 Å². The summed E-state index contributed by atoms with van der Waals surface area (Å²) in [6.07, 6.45) is 35.9. The van der Waals surface area contributed by atoms with Gasteiger partial charge in [0, 0.05) is 72.1 Å². The molecule has 628 valence electrons. The first-order valence-corrected chi connectivity index (χ1v) is 50.1. The molecule has 0 aliphatic heterocycles. The molecule has 5 aliphatic rings. The lowest BCUT2D eigenvalue weighted by molar-refractivity contribution is 0.348. The van der Waals surface area contributed by atoms with Gasteiger partial charge in [-0.25, -0.2) is 0 Å². The van der Waals surface area contributed by atoms with Crippen LogP contribution in [0.15, 0.2) is 294 Å². The summed E-state index contributed by atoms with van der Waals surface area (Å²) in [7, 11) is 0. The zero-order valence-electron chi connectivity index (χ0n) is 72.6. The topological polar surface area (TPSA) is 42.1 Å². The second-order valence-corrected chi connectivity index (χ2v) is 40.5. The molecule has 0 spiro atoms. The second-order valence-electron chi connectivity index (χ2n) is 36.8. The van der Waals surface area contributed by atoms with Gasteiger partial charge in [0.15, 0.2) is 0 Å². The molecule has 1 unspecified atom stereocenters. The molecule has 3 aromatic heterocycles. The molecule has 7 heteroatoms. The molecule has 0 bridgehead atoms. The molecule has 125 heavy (non-hydrogen) atoms. The highest BCUT2D eigenvalue weighted by molar-refractivity contribution is 9.11. The number of aromatic nitrogens is 1. The third-order valence-electron chi connectivity index (χ3n) is 29.1. The van der Waals surface area contributed by atoms with E-state index < -0.39 is 0 Å². The predicted molar refractivity (Wildman–Crippen MR) is 543 cm³/mol. The first-order valence-electron chi connectivity index (χ1n) is 46.9. The third kappa shape index (κ3) is 16.6. The second kappa shape index (κ2) is 36.6. The van der Waals surface area contributed by atoms with Crippen LogP contribution in [0.5, 0.6) is 0 Å². The number of aryl methyl sites for hydroxylation is 5. The number of benzene rings is 14. The Bertz CT molecular complexity index is 6780. The van der Waals surface area contributed by atoms with E-state index in [4.69, 9.17) is 8.83 Å². The third-order valence-corrected chi connectivity index (χ3v) is 31.1. The van der Waals surface area contributed by atoms with E-state index in [9.17, 15) is 0 Å². The van der Waals surface area contributed by atoms with Crippen molar-refractivity contribution in [1.82, 2.24) is 4.98 Å². The zero-order valence-corrected chi connectivity index (χ0v) is 79.0. The maximum atomic E-state index is 6.11. The van der Waals surface area contributed by atoms with E-state index in [1.54, 1.807) is 50.1 Å². The van der Waals surface area contributed by atoms with Gasteiger partial charge >= 0.3 is 0 Å². The SMILES string of the molecule is CCCCCC(c1ccc2c(c1)CC2)C1(CCCCc2ccc3c(c2)CC3)c2cc(Br)ccc2-c2ccc(Br)cc21.CCCCCCCCC1(CCCCCCCC)c2cc(Br)ccc2Cc2ccc(Br)cc21.c1ccc2c(c1)oc1ccc(-c3ccc4c(c3)-c3cc(-c5ccc6[nH]c7ccc(-c8ccc9oc%10ccccc%10c9c8)cc7c6c5)ccc3C4)cc12. The minimum atomic E-state index is -0.0373. The first kappa shape index (κ1) is 83.6. The molecule has 17 aromatic rings. The van der Waals surface area contributed by atoms with Crippen LogP contribution in [0.3, 0.4) is 0 Å². The van der Waals surface area contributed by atoms with E-state index in [1.165, 1.54) is 279 Å². The van der Waals surface area contributed by atoms with Crippen LogP contribution in [0, 0.1) is 0 Å². The number of furan rings is 2. The van der Waals surface area contributed by atoms with E-state index in [2.05, 4.69) is 332 Å². The van der Waals surface area contributed by atoms with Crippen molar-refractivity contribution in [2.24, 2.45) is 0 Å². The van der Waals surface area contributed by atoms with Crippen LogP contribution in [-0.4, -0.2) is 4.98 Å². The summed E-state index contributed by atoms with van der Waals surface area (Å²) in [5.41, 5.74) is 40.3. The van der Waals surface area contributed by atoms with Crippen LogP contribution in [0.2, 0.25) is 0 Å². The molecule has 22 rings (SSSR count). The molecular formula is C118H111Br4NO2. The Morgan fingerprint density at radius 3 is 1.20 bits per heavy atom. The van der Waals surface area contributed by atoms with Crippen molar-refractivity contribution in [2.75, 3.05) is 0 Å². The number of hydrogen-bond acceptors (Lipinski definition) is 2. The fourth-order valence-electron chi connectivity index (χ4n) is 22.4. The van der Waals surface area contributed by atoms with Crippen molar-refractivity contribution in [3.63, 3.8) is 0 Å². The van der Waals surface area contributed by atoms with E-state index in [-0.39, 0.29) is 10.8 Å². The number of unbranched alkanes of at least 4 members (excludes halogenated alkanes) is 13.